The van der Waals surface area contributed by atoms with Crippen LogP contribution < -0.4 is 10.1 Å². The smallest absolute Gasteiger partial charge is 0.194 e. The maximum absolute atomic E-state index is 13.5. The molecule has 27 heavy (non-hydrogen) atoms. The average Bonchev–Trinajstić information content (AvgIpc) is 3.32. The molecule has 0 aliphatic carbocycles. The third-order valence-corrected chi connectivity index (χ3v) is 4.61. The van der Waals surface area contributed by atoms with Gasteiger partial charge < -0.3 is 19.6 Å². The van der Waals surface area contributed by atoms with Gasteiger partial charge in [0.2, 0.25) is 0 Å². The van der Waals surface area contributed by atoms with E-state index in [0.717, 1.165) is 22.3 Å². The van der Waals surface area contributed by atoms with Crippen molar-refractivity contribution < 1.29 is 9.53 Å². The number of hydrogen-bond donors (Lipinski definition) is 2. The number of aryl methyl sites for hydroxylation is 1. The van der Waals surface area contributed by atoms with E-state index in [1.807, 2.05) is 66.3 Å². The number of aromatic amines is 1. The summed E-state index contributed by atoms with van der Waals surface area (Å²) in [4.78, 5) is 21.0. The van der Waals surface area contributed by atoms with E-state index in [1.165, 1.54) is 0 Å². The first kappa shape index (κ1) is 16.9. The van der Waals surface area contributed by atoms with Crippen molar-refractivity contribution in [3.8, 4) is 5.75 Å². The second-order valence-electron chi connectivity index (χ2n) is 6.32. The fourth-order valence-corrected chi connectivity index (χ4v) is 3.21. The number of fused-ring (bicyclic) bond motifs is 1. The molecule has 6 nitrogen and oxygen atoms in total. The molecule has 0 saturated heterocycles. The van der Waals surface area contributed by atoms with Crippen molar-refractivity contribution in [2.45, 2.75) is 6.04 Å². The van der Waals surface area contributed by atoms with Gasteiger partial charge in [0.05, 0.1) is 7.11 Å². The van der Waals surface area contributed by atoms with Crippen molar-refractivity contribution in [1.29, 1.82) is 0 Å². The molecule has 0 fully saturated rings. The van der Waals surface area contributed by atoms with Crippen LogP contribution in [-0.4, -0.2) is 27.4 Å². The van der Waals surface area contributed by atoms with Gasteiger partial charge in [-0.25, -0.2) is 4.98 Å². The Labute approximate surface area is 156 Å². The van der Waals surface area contributed by atoms with Crippen LogP contribution in [0.2, 0.25) is 0 Å². The number of ketones is 1. The molecule has 0 saturated carbocycles. The molecule has 1 unspecified atom stereocenters. The van der Waals surface area contributed by atoms with Gasteiger partial charge in [-0.1, -0.05) is 24.3 Å². The van der Waals surface area contributed by atoms with Crippen molar-refractivity contribution in [2.75, 3.05) is 12.4 Å². The van der Waals surface area contributed by atoms with Crippen molar-refractivity contribution in [3.63, 3.8) is 0 Å². The highest BCUT2D eigenvalue weighted by atomic mass is 16.5. The van der Waals surface area contributed by atoms with E-state index in [4.69, 9.17) is 4.74 Å². The molecular formula is C21H20N4O2. The quantitative estimate of drug-likeness (QED) is 0.511. The molecule has 2 aromatic heterocycles. The molecule has 0 aliphatic heterocycles. The predicted molar refractivity (Wildman–Crippen MR) is 105 cm³/mol. The zero-order valence-electron chi connectivity index (χ0n) is 15.1. The van der Waals surface area contributed by atoms with E-state index in [9.17, 15) is 4.79 Å². The lowest BCUT2D eigenvalue weighted by Gasteiger charge is -2.19. The number of hydrogen-bond acceptors (Lipinski definition) is 4. The maximum Gasteiger partial charge on any atom is 0.194 e. The minimum absolute atomic E-state index is 0.0513. The number of Topliss-reactive ketones (excluding diaryl/α,β-unsaturated/α-hetero) is 1. The third-order valence-electron chi connectivity index (χ3n) is 4.61. The number of rotatable bonds is 6. The normalized spacial score (nSPS) is 12.1. The summed E-state index contributed by atoms with van der Waals surface area (Å²) in [7, 11) is 3.50. The molecule has 2 N–H and O–H groups in total. The van der Waals surface area contributed by atoms with E-state index in [-0.39, 0.29) is 5.78 Å². The lowest BCUT2D eigenvalue weighted by Crippen LogP contribution is -2.24. The maximum atomic E-state index is 13.5. The van der Waals surface area contributed by atoms with E-state index >= 15 is 0 Å². The van der Waals surface area contributed by atoms with Crippen LogP contribution >= 0.6 is 0 Å². The number of carbonyl (C=O) groups excluding carboxylic acids is 1. The lowest BCUT2D eigenvalue weighted by atomic mass is 10.0. The molecule has 0 radical (unpaired) electrons. The number of anilines is 1. The molecule has 2 heterocycles. The predicted octanol–water partition coefficient (Wildman–Crippen LogP) is 3.95. The van der Waals surface area contributed by atoms with Crippen molar-refractivity contribution >= 4 is 22.4 Å². The SMILES string of the molecule is COc1cccc(NC(C(=O)c2c[nH]c3ccccc23)c2nccn2C)c1. The van der Waals surface area contributed by atoms with Crippen molar-refractivity contribution in [3.05, 3.63) is 78.5 Å². The fourth-order valence-electron chi connectivity index (χ4n) is 3.21. The first-order valence-corrected chi connectivity index (χ1v) is 8.65. The molecular weight excluding hydrogens is 340 g/mol. The molecule has 2 aromatic carbocycles. The number of nitrogens with zero attached hydrogens (tertiary/aromatic N) is 2. The van der Waals surface area contributed by atoms with Crippen LogP contribution in [0.4, 0.5) is 5.69 Å². The Morgan fingerprint density at radius 1 is 1.22 bits per heavy atom. The van der Waals surface area contributed by atoms with Gasteiger partial charge in [-0.2, -0.15) is 0 Å². The van der Waals surface area contributed by atoms with Gasteiger partial charge in [0.15, 0.2) is 5.78 Å². The third kappa shape index (κ3) is 3.17. The minimum atomic E-state index is -0.628. The van der Waals surface area contributed by atoms with Crippen LogP contribution in [0.1, 0.15) is 22.2 Å². The van der Waals surface area contributed by atoms with Gasteiger partial charge in [0, 0.05) is 53.9 Å². The number of H-pyrrole nitrogens is 1. The van der Waals surface area contributed by atoms with E-state index in [0.29, 0.717) is 11.4 Å². The Balaban J connectivity index is 1.76. The van der Waals surface area contributed by atoms with Crippen molar-refractivity contribution in [1.82, 2.24) is 14.5 Å². The zero-order chi connectivity index (χ0) is 18.8. The number of methoxy groups -OCH3 is 1. The monoisotopic (exact) mass is 360 g/mol. The summed E-state index contributed by atoms with van der Waals surface area (Å²) in [5.41, 5.74) is 2.35. The number of benzene rings is 2. The van der Waals surface area contributed by atoms with E-state index < -0.39 is 6.04 Å². The Hall–Kier alpha value is -3.54. The fraction of sp³-hybridized carbons (Fsp3) is 0.143. The summed E-state index contributed by atoms with van der Waals surface area (Å²) in [5, 5.41) is 4.22. The second kappa shape index (κ2) is 6.99. The molecule has 0 bridgehead atoms. The molecule has 0 aliphatic rings. The number of nitrogens with one attached hydrogen (secondary N) is 2. The number of imidazole rings is 1. The Morgan fingerprint density at radius 2 is 2.07 bits per heavy atom. The summed E-state index contributed by atoms with van der Waals surface area (Å²) in [6.45, 7) is 0. The number of para-hydroxylation sites is 1. The molecule has 0 amide bonds. The minimum Gasteiger partial charge on any atom is -0.497 e. The van der Waals surface area contributed by atoms with E-state index in [1.54, 1.807) is 19.5 Å². The van der Waals surface area contributed by atoms with Gasteiger partial charge in [-0.15, -0.1) is 0 Å². The van der Waals surface area contributed by atoms with Gasteiger partial charge >= 0.3 is 0 Å². The Kier molecular flexibility index (Phi) is 4.38. The molecule has 1 atom stereocenters. The molecule has 6 heteroatoms. The summed E-state index contributed by atoms with van der Waals surface area (Å²) in [5.74, 6) is 1.32. The number of ether oxygens (including phenoxy) is 1. The molecule has 4 aromatic rings. The highest BCUT2D eigenvalue weighted by Gasteiger charge is 2.27. The summed E-state index contributed by atoms with van der Waals surface area (Å²) in [6, 6.07) is 14.7. The van der Waals surface area contributed by atoms with Gasteiger partial charge in [0.25, 0.3) is 0 Å². The summed E-state index contributed by atoms with van der Waals surface area (Å²) < 4.78 is 7.14. The average molecular weight is 360 g/mol. The number of aromatic nitrogens is 3. The Morgan fingerprint density at radius 3 is 2.85 bits per heavy atom. The largest absolute Gasteiger partial charge is 0.497 e. The van der Waals surface area contributed by atoms with Crippen LogP contribution in [-0.2, 0) is 7.05 Å². The van der Waals surface area contributed by atoms with Crippen LogP contribution in [0, 0.1) is 0 Å². The molecule has 0 spiro atoms. The summed E-state index contributed by atoms with van der Waals surface area (Å²) in [6.07, 6.45) is 5.28. The highest BCUT2D eigenvalue weighted by Crippen LogP contribution is 2.28. The first-order chi connectivity index (χ1) is 13.2. The first-order valence-electron chi connectivity index (χ1n) is 8.65. The highest BCUT2D eigenvalue weighted by molar-refractivity contribution is 6.11. The topological polar surface area (TPSA) is 71.9 Å². The van der Waals surface area contributed by atoms with Crippen LogP contribution in [0.5, 0.6) is 5.75 Å². The Bertz CT molecular complexity index is 1100. The van der Waals surface area contributed by atoms with Crippen molar-refractivity contribution in [2.24, 2.45) is 7.05 Å². The van der Waals surface area contributed by atoms with Gasteiger partial charge in [-0.05, 0) is 18.2 Å². The van der Waals surface area contributed by atoms with Gasteiger partial charge in [0.1, 0.15) is 17.6 Å². The summed E-state index contributed by atoms with van der Waals surface area (Å²) >= 11 is 0. The standard InChI is InChI=1S/C21H20N4O2/c1-25-11-10-22-21(25)19(24-14-6-5-7-15(12-14)27-2)20(26)17-13-23-18-9-4-3-8-16(17)18/h3-13,19,23-24H,1-2H3. The van der Waals surface area contributed by atoms with Gasteiger partial charge in [-0.3, -0.25) is 4.79 Å². The van der Waals surface area contributed by atoms with Crippen LogP contribution in [0.3, 0.4) is 0 Å². The molecule has 136 valence electrons. The van der Waals surface area contributed by atoms with Crippen LogP contribution in [0.25, 0.3) is 10.9 Å². The number of carbonyl (C=O) groups is 1. The molecule has 4 rings (SSSR count). The lowest BCUT2D eigenvalue weighted by molar-refractivity contribution is 0.0967. The second-order valence-corrected chi connectivity index (χ2v) is 6.32. The van der Waals surface area contributed by atoms with E-state index in [2.05, 4.69) is 15.3 Å². The zero-order valence-corrected chi connectivity index (χ0v) is 15.1. The van der Waals surface area contributed by atoms with Crippen LogP contribution in [0.15, 0.2) is 67.1 Å².